The first-order valence-electron chi connectivity index (χ1n) is 12.3. The number of phenols is 1. The van der Waals surface area contributed by atoms with Crippen molar-refractivity contribution in [3.05, 3.63) is 53.1 Å². The quantitative estimate of drug-likeness (QED) is 0.243. The molecule has 10 heteroatoms. The van der Waals surface area contributed by atoms with Gasteiger partial charge in [0.15, 0.2) is 11.5 Å². The second-order valence-electron chi connectivity index (χ2n) is 10.2. The maximum absolute atomic E-state index is 12.6. The highest BCUT2D eigenvalue weighted by molar-refractivity contribution is 8.00. The Labute approximate surface area is 217 Å². The van der Waals surface area contributed by atoms with Crippen molar-refractivity contribution < 1.29 is 33.1 Å². The van der Waals surface area contributed by atoms with E-state index in [2.05, 4.69) is 17.2 Å². The normalized spacial score (nSPS) is 29.1. The molecule has 0 radical (unpaired) electrons. The first kappa shape index (κ1) is 25.8. The summed E-state index contributed by atoms with van der Waals surface area (Å²) >= 11 is -0.154. The smallest absolute Gasteiger partial charge is 0.446 e. The number of thioether (sulfide) groups is 1. The van der Waals surface area contributed by atoms with E-state index in [1.807, 2.05) is 6.07 Å². The van der Waals surface area contributed by atoms with Crippen LogP contribution in [0.1, 0.15) is 61.6 Å². The minimum Gasteiger partial charge on any atom is -0.504 e. The molecular weight excluding hydrogens is 505 g/mol. The van der Waals surface area contributed by atoms with E-state index in [1.54, 1.807) is 18.2 Å². The number of fused-ring (bicyclic) bond motifs is 5. The molecular formula is C27H29F3N2O4S. The van der Waals surface area contributed by atoms with Gasteiger partial charge in [0.05, 0.1) is 18.5 Å². The van der Waals surface area contributed by atoms with Gasteiger partial charge in [0.25, 0.3) is 0 Å². The van der Waals surface area contributed by atoms with Crippen molar-refractivity contribution in [1.29, 1.82) is 0 Å². The first-order valence-corrected chi connectivity index (χ1v) is 13.1. The van der Waals surface area contributed by atoms with Crippen LogP contribution in [0.4, 0.5) is 13.2 Å². The van der Waals surface area contributed by atoms with Crippen molar-refractivity contribution >= 4 is 23.2 Å². The Morgan fingerprint density at radius 3 is 2.59 bits per heavy atom. The largest absolute Gasteiger partial charge is 0.504 e. The van der Waals surface area contributed by atoms with Gasteiger partial charge in [-0.25, -0.2) is 0 Å². The third kappa shape index (κ3) is 4.87. The third-order valence-corrected chi connectivity index (χ3v) is 9.09. The lowest BCUT2D eigenvalue weighted by molar-refractivity contribution is -0.0328. The van der Waals surface area contributed by atoms with Crippen molar-refractivity contribution in [2.45, 2.75) is 62.0 Å². The van der Waals surface area contributed by atoms with Gasteiger partial charge >= 0.3 is 5.51 Å². The number of aromatic hydroxyl groups is 1. The summed E-state index contributed by atoms with van der Waals surface area (Å²) in [4.78, 5) is 5.81. The monoisotopic (exact) mass is 534 g/mol. The summed E-state index contributed by atoms with van der Waals surface area (Å²) in [6.45, 7) is 2.30. The summed E-state index contributed by atoms with van der Waals surface area (Å²) < 4.78 is 43.2. The summed E-state index contributed by atoms with van der Waals surface area (Å²) in [5.41, 5.74) is -0.303. The van der Waals surface area contributed by atoms with Crippen LogP contribution in [0, 0.1) is 17.3 Å². The zero-order valence-corrected chi connectivity index (χ0v) is 21.4. The minimum atomic E-state index is -4.33. The van der Waals surface area contributed by atoms with Gasteiger partial charge in [-0.05, 0) is 97.0 Å². The van der Waals surface area contributed by atoms with Crippen LogP contribution in [0.25, 0.3) is 0 Å². The molecule has 3 aliphatic rings. The standard InChI is InChI=1S/C27H29F3N2O4S/c1-26-10-9-17-18-13-24(35-2)23(33)12-20(18)22(11-19(17)21(26)7-8-25(26)31-34)32-36-14-15-3-5-16(6-4-15)37-27(28,29)30/h3-6,12-13,17,19,21,33-34H,7-11,14H2,1-2H3/b31-25+,32-22+/t17-,19-,21+,26+/m1/s1. The maximum Gasteiger partial charge on any atom is 0.446 e. The van der Waals surface area contributed by atoms with E-state index in [0.29, 0.717) is 23.7 Å². The fraction of sp³-hybridized carbons (Fsp3) is 0.481. The summed E-state index contributed by atoms with van der Waals surface area (Å²) in [5, 5.41) is 28.2. The number of oxime groups is 2. The minimum absolute atomic E-state index is 0.0290. The number of phenolic OH excluding ortho intramolecular Hbond substituents is 1. The first-order chi connectivity index (χ1) is 17.6. The maximum atomic E-state index is 12.6. The molecule has 0 aromatic heterocycles. The van der Waals surface area contributed by atoms with Crippen LogP contribution in [0.2, 0.25) is 0 Å². The summed E-state index contributed by atoms with van der Waals surface area (Å²) in [7, 11) is 1.53. The second kappa shape index (κ2) is 9.78. The molecule has 2 N–H and O–H groups in total. The van der Waals surface area contributed by atoms with Crippen LogP contribution in [0.5, 0.6) is 11.5 Å². The third-order valence-electron chi connectivity index (χ3n) is 8.35. The molecule has 0 heterocycles. The average molecular weight is 535 g/mol. The fourth-order valence-corrected chi connectivity index (χ4v) is 7.15. The van der Waals surface area contributed by atoms with Gasteiger partial charge in [0.1, 0.15) is 6.61 Å². The molecule has 0 bridgehead atoms. The second-order valence-corrected chi connectivity index (χ2v) is 11.4. The molecule has 198 valence electrons. The highest BCUT2D eigenvalue weighted by Gasteiger charge is 2.54. The summed E-state index contributed by atoms with van der Waals surface area (Å²) in [6.07, 6.45) is 4.22. The van der Waals surface area contributed by atoms with Crippen molar-refractivity contribution in [2.24, 2.45) is 27.6 Å². The van der Waals surface area contributed by atoms with Crippen molar-refractivity contribution in [2.75, 3.05) is 7.11 Å². The van der Waals surface area contributed by atoms with Crippen LogP contribution in [0.3, 0.4) is 0 Å². The number of nitrogens with zero attached hydrogens (tertiary/aromatic N) is 2. The number of halogens is 3. The number of rotatable bonds is 5. The highest BCUT2D eigenvalue weighted by Crippen LogP contribution is 2.60. The Morgan fingerprint density at radius 2 is 1.92 bits per heavy atom. The predicted molar refractivity (Wildman–Crippen MR) is 134 cm³/mol. The lowest BCUT2D eigenvalue weighted by Crippen LogP contribution is -2.43. The molecule has 2 aromatic carbocycles. The van der Waals surface area contributed by atoms with Crippen LogP contribution in [-0.4, -0.2) is 34.4 Å². The molecule has 2 saturated carbocycles. The SMILES string of the molecule is COc1cc2c(cc1O)/C(=N/OCc1ccc(SC(F)(F)F)cc1)C[C@@H]1[C@@H]2CC[C@]2(C)/C(=N/O)CC[C@@H]12. The van der Waals surface area contributed by atoms with Crippen LogP contribution in [-0.2, 0) is 11.4 Å². The zero-order valence-electron chi connectivity index (χ0n) is 20.6. The molecule has 0 saturated heterocycles. The van der Waals surface area contributed by atoms with Gasteiger partial charge in [-0.1, -0.05) is 29.4 Å². The van der Waals surface area contributed by atoms with E-state index >= 15 is 0 Å². The van der Waals surface area contributed by atoms with E-state index in [-0.39, 0.29) is 46.3 Å². The molecule has 2 fully saturated rings. The molecule has 37 heavy (non-hydrogen) atoms. The zero-order chi connectivity index (χ0) is 26.4. The lowest BCUT2D eigenvalue weighted by Gasteiger charge is -2.48. The molecule has 3 aliphatic carbocycles. The van der Waals surface area contributed by atoms with Gasteiger partial charge < -0.3 is 19.9 Å². The van der Waals surface area contributed by atoms with Gasteiger partial charge in [-0.2, -0.15) is 13.2 Å². The molecule has 0 amide bonds. The Morgan fingerprint density at radius 1 is 1.16 bits per heavy atom. The number of ether oxygens (including phenoxy) is 1. The van der Waals surface area contributed by atoms with Crippen molar-refractivity contribution in [3.63, 3.8) is 0 Å². The van der Waals surface area contributed by atoms with E-state index in [1.165, 1.54) is 19.2 Å². The molecule has 0 spiro atoms. The Bertz CT molecular complexity index is 1230. The number of methoxy groups -OCH3 is 1. The number of benzene rings is 2. The van der Waals surface area contributed by atoms with Gasteiger partial charge in [-0.3, -0.25) is 0 Å². The average Bonchev–Trinajstić information content (AvgIpc) is 3.20. The number of alkyl halides is 3. The highest BCUT2D eigenvalue weighted by atomic mass is 32.2. The predicted octanol–water partition coefficient (Wildman–Crippen LogP) is 7.08. The topological polar surface area (TPSA) is 83.6 Å². The van der Waals surface area contributed by atoms with E-state index in [9.17, 15) is 23.5 Å². The van der Waals surface area contributed by atoms with Crippen molar-refractivity contribution in [1.82, 2.24) is 0 Å². The molecule has 5 rings (SSSR count). The van der Waals surface area contributed by atoms with Crippen LogP contribution in [0.15, 0.2) is 51.6 Å². The van der Waals surface area contributed by atoms with Crippen molar-refractivity contribution in [3.8, 4) is 11.5 Å². The Balaban J connectivity index is 1.42. The van der Waals surface area contributed by atoms with E-state index in [4.69, 9.17) is 9.57 Å². The molecule has 2 aromatic rings. The fourth-order valence-electron chi connectivity index (χ4n) is 6.61. The number of hydrogen-bond acceptors (Lipinski definition) is 7. The number of hydrogen-bond donors (Lipinski definition) is 2. The van der Waals surface area contributed by atoms with E-state index in [0.717, 1.165) is 48.2 Å². The summed E-state index contributed by atoms with van der Waals surface area (Å²) in [6, 6.07) is 9.59. The summed E-state index contributed by atoms with van der Waals surface area (Å²) in [5.74, 6) is 1.29. The molecule has 6 nitrogen and oxygen atoms in total. The van der Waals surface area contributed by atoms with Gasteiger partial charge in [0.2, 0.25) is 0 Å². The Hall–Kier alpha value is -2.88. The van der Waals surface area contributed by atoms with Crippen LogP contribution < -0.4 is 4.74 Å². The van der Waals surface area contributed by atoms with Gasteiger partial charge in [-0.15, -0.1) is 0 Å². The Kier molecular flexibility index (Phi) is 6.81. The van der Waals surface area contributed by atoms with E-state index < -0.39 is 5.51 Å². The molecule has 0 unspecified atom stereocenters. The lowest BCUT2D eigenvalue weighted by atomic mass is 9.55. The van der Waals surface area contributed by atoms with Crippen LogP contribution >= 0.6 is 11.8 Å². The molecule has 4 atom stereocenters. The molecule has 0 aliphatic heterocycles. The van der Waals surface area contributed by atoms with Gasteiger partial charge in [0, 0.05) is 15.9 Å².